The van der Waals surface area contributed by atoms with Crippen LogP contribution in [0.3, 0.4) is 0 Å². The highest BCUT2D eigenvalue weighted by molar-refractivity contribution is 5.84. The lowest BCUT2D eigenvalue weighted by molar-refractivity contribution is -0.133. The number of ether oxygens (including phenoxy) is 2. The van der Waals surface area contributed by atoms with Crippen LogP contribution < -0.4 is 10.1 Å². The van der Waals surface area contributed by atoms with Crippen LogP contribution in [0.25, 0.3) is 0 Å². The summed E-state index contributed by atoms with van der Waals surface area (Å²) in [5.41, 5.74) is 1.45. The standard InChI is InChI=1S/C15H21N3O4/c1-2-22-14-9-12(10-17-20)3-4-13(14)16-11-15(19)18-5-7-21-8-6-18/h3-4,9-10,16,20H,2,5-8,11H2,1H3. The zero-order valence-corrected chi connectivity index (χ0v) is 12.6. The lowest BCUT2D eigenvalue weighted by atomic mass is 10.2. The molecular formula is C15H21N3O4. The molecule has 1 fully saturated rings. The van der Waals surface area contributed by atoms with E-state index >= 15 is 0 Å². The van der Waals surface area contributed by atoms with Crippen molar-refractivity contribution in [3.05, 3.63) is 23.8 Å². The Morgan fingerprint density at radius 3 is 2.95 bits per heavy atom. The molecule has 1 aromatic rings. The molecule has 1 aromatic carbocycles. The Kier molecular flexibility index (Phi) is 6.02. The average Bonchev–Trinajstić information content (AvgIpc) is 2.55. The number of carbonyl (C=O) groups excluding carboxylic acids is 1. The van der Waals surface area contributed by atoms with Crippen molar-refractivity contribution in [1.29, 1.82) is 0 Å². The number of rotatable bonds is 6. The zero-order valence-electron chi connectivity index (χ0n) is 12.6. The molecule has 7 nitrogen and oxygen atoms in total. The van der Waals surface area contributed by atoms with E-state index in [0.29, 0.717) is 38.7 Å². The summed E-state index contributed by atoms with van der Waals surface area (Å²) in [5, 5.41) is 14.7. The number of hydrogen-bond donors (Lipinski definition) is 2. The van der Waals surface area contributed by atoms with Gasteiger partial charge in [0.2, 0.25) is 5.91 Å². The largest absolute Gasteiger partial charge is 0.492 e. The lowest BCUT2D eigenvalue weighted by Gasteiger charge is -2.27. The molecule has 2 N–H and O–H groups in total. The molecule has 0 atom stereocenters. The second-order valence-corrected chi connectivity index (χ2v) is 4.78. The summed E-state index contributed by atoms with van der Waals surface area (Å²) in [6.45, 7) is 5.03. The van der Waals surface area contributed by atoms with Gasteiger partial charge in [-0.05, 0) is 24.6 Å². The van der Waals surface area contributed by atoms with Crippen LogP contribution in [-0.2, 0) is 9.53 Å². The van der Waals surface area contributed by atoms with Crippen LogP contribution in [0, 0.1) is 0 Å². The van der Waals surface area contributed by atoms with Gasteiger partial charge in [0.25, 0.3) is 0 Å². The molecular weight excluding hydrogens is 286 g/mol. The predicted octanol–water partition coefficient (Wildman–Crippen LogP) is 1.16. The third-order valence-corrected chi connectivity index (χ3v) is 3.31. The number of nitrogens with zero attached hydrogens (tertiary/aromatic N) is 2. The Morgan fingerprint density at radius 1 is 1.50 bits per heavy atom. The summed E-state index contributed by atoms with van der Waals surface area (Å²) < 4.78 is 10.8. The molecule has 0 unspecified atom stereocenters. The molecule has 1 saturated heterocycles. The molecule has 0 saturated carbocycles. The minimum Gasteiger partial charge on any atom is -0.492 e. The highest BCUT2D eigenvalue weighted by Gasteiger charge is 2.16. The predicted molar refractivity (Wildman–Crippen MR) is 82.9 cm³/mol. The van der Waals surface area contributed by atoms with E-state index < -0.39 is 0 Å². The van der Waals surface area contributed by atoms with Gasteiger partial charge in [-0.1, -0.05) is 11.2 Å². The molecule has 0 aliphatic carbocycles. The van der Waals surface area contributed by atoms with Crippen molar-refractivity contribution in [2.24, 2.45) is 5.16 Å². The molecule has 1 aliphatic rings. The monoisotopic (exact) mass is 307 g/mol. The van der Waals surface area contributed by atoms with Gasteiger partial charge >= 0.3 is 0 Å². The molecule has 0 bridgehead atoms. The Hall–Kier alpha value is -2.28. The molecule has 7 heteroatoms. The highest BCUT2D eigenvalue weighted by Crippen LogP contribution is 2.25. The normalized spacial score (nSPS) is 15.0. The lowest BCUT2D eigenvalue weighted by Crippen LogP contribution is -2.43. The summed E-state index contributed by atoms with van der Waals surface area (Å²) in [4.78, 5) is 13.9. The minimum absolute atomic E-state index is 0.0340. The SMILES string of the molecule is CCOc1cc(C=NO)ccc1NCC(=O)N1CCOCC1. The van der Waals surface area contributed by atoms with Crippen LogP contribution in [0.2, 0.25) is 0 Å². The molecule has 120 valence electrons. The minimum atomic E-state index is 0.0340. The number of anilines is 1. The maximum Gasteiger partial charge on any atom is 0.242 e. The van der Waals surface area contributed by atoms with Crippen LogP contribution in [0.15, 0.2) is 23.4 Å². The van der Waals surface area contributed by atoms with Gasteiger partial charge in [-0.25, -0.2) is 0 Å². The highest BCUT2D eigenvalue weighted by atomic mass is 16.5. The van der Waals surface area contributed by atoms with E-state index in [0.717, 1.165) is 11.3 Å². The zero-order chi connectivity index (χ0) is 15.8. The van der Waals surface area contributed by atoms with Crippen molar-refractivity contribution in [2.75, 3.05) is 44.8 Å². The third-order valence-electron chi connectivity index (χ3n) is 3.31. The Bertz CT molecular complexity index is 528. The molecule has 1 amide bonds. The molecule has 22 heavy (non-hydrogen) atoms. The second-order valence-electron chi connectivity index (χ2n) is 4.78. The van der Waals surface area contributed by atoms with Gasteiger partial charge in [0, 0.05) is 13.1 Å². The first kappa shape index (κ1) is 16.1. The molecule has 0 aromatic heterocycles. The number of morpholine rings is 1. The maximum absolute atomic E-state index is 12.1. The van der Waals surface area contributed by atoms with Crippen molar-refractivity contribution in [2.45, 2.75) is 6.92 Å². The van der Waals surface area contributed by atoms with Crippen molar-refractivity contribution >= 4 is 17.8 Å². The van der Waals surface area contributed by atoms with Crippen molar-refractivity contribution in [1.82, 2.24) is 4.90 Å². The van der Waals surface area contributed by atoms with E-state index in [2.05, 4.69) is 10.5 Å². The van der Waals surface area contributed by atoms with Crippen LogP contribution in [0.1, 0.15) is 12.5 Å². The van der Waals surface area contributed by atoms with Crippen LogP contribution in [0.4, 0.5) is 5.69 Å². The fourth-order valence-electron chi connectivity index (χ4n) is 2.20. The van der Waals surface area contributed by atoms with Crippen LogP contribution in [-0.4, -0.2) is 61.7 Å². The fourth-order valence-corrected chi connectivity index (χ4v) is 2.20. The Labute approximate surface area is 129 Å². The van der Waals surface area contributed by atoms with Crippen LogP contribution in [0.5, 0.6) is 5.75 Å². The number of hydrogen-bond acceptors (Lipinski definition) is 6. The van der Waals surface area contributed by atoms with Gasteiger partial charge in [0.1, 0.15) is 5.75 Å². The summed E-state index contributed by atoms with van der Waals surface area (Å²) in [6, 6.07) is 5.34. The van der Waals surface area contributed by atoms with Gasteiger partial charge in [-0.2, -0.15) is 0 Å². The number of nitrogens with one attached hydrogen (secondary N) is 1. The maximum atomic E-state index is 12.1. The Balaban J connectivity index is 2.00. The summed E-state index contributed by atoms with van der Waals surface area (Å²) >= 11 is 0. The molecule has 0 spiro atoms. The van der Waals surface area contributed by atoms with Crippen LogP contribution >= 0.6 is 0 Å². The van der Waals surface area contributed by atoms with E-state index in [-0.39, 0.29) is 12.5 Å². The first-order chi connectivity index (χ1) is 10.7. The van der Waals surface area contributed by atoms with Gasteiger partial charge in [0.15, 0.2) is 0 Å². The van der Waals surface area contributed by atoms with E-state index in [4.69, 9.17) is 14.7 Å². The summed E-state index contributed by atoms with van der Waals surface area (Å²) in [5.74, 6) is 0.654. The number of oxime groups is 1. The summed E-state index contributed by atoms with van der Waals surface area (Å²) in [7, 11) is 0. The number of amides is 1. The Morgan fingerprint density at radius 2 is 2.27 bits per heavy atom. The first-order valence-corrected chi connectivity index (χ1v) is 7.28. The first-order valence-electron chi connectivity index (χ1n) is 7.28. The van der Waals surface area contributed by atoms with Gasteiger partial charge in [-0.15, -0.1) is 0 Å². The average molecular weight is 307 g/mol. The van der Waals surface area contributed by atoms with E-state index in [1.165, 1.54) is 6.21 Å². The van der Waals surface area contributed by atoms with Gasteiger partial charge in [0.05, 0.1) is 38.3 Å². The van der Waals surface area contributed by atoms with E-state index in [1.807, 2.05) is 6.92 Å². The number of benzene rings is 1. The van der Waals surface area contributed by atoms with Crippen molar-refractivity contribution < 1.29 is 19.5 Å². The third kappa shape index (κ3) is 4.36. The van der Waals surface area contributed by atoms with Gasteiger partial charge < -0.3 is 24.9 Å². The molecule has 0 radical (unpaired) electrons. The quantitative estimate of drug-likeness (QED) is 0.468. The smallest absolute Gasteiger partial charge is 0.242 e. The summed E-state index contributed by atoms with van der Waals surface area (Å²) in [6.07, 6.45) is 1.32. The topological polar surface area (TPSA) is 83.4 Å². The second kappa shape index (κ2) is 8.23. The number of carbonyl (C=O) groups is 1. The van der Waals surface area contributed by atoms with Crippen molar-refractivity contribution in [3.63, 3.8) is 0 Å². The molecule has 2 rings (SSSR count). The van der Waals surface area contributed by atoms with Crippen molar-refractivity contribution in [3.8, 4) is 5.75 Å². The van der Waals surface area contributed by atoms with Gasteiger partial charge in [-0.3, -0.25) is 4.79 Å². The van der Waals surface area contributed by atoms with E-state index in [1.54, 1.807) is 23.1 Å². The fraction of sp³-hybridized carbons (Fsp3) is 0.467. The molecule has 1 heterocycles. The van der Waals surface area contributed by atoms with E-state index in [9.17, 15) is 4.79 Å². The molecule has 1 aliphatic heterocycles.